The summed E-state index contributed by atoms with van der Waals surface area (Å²) < 4.78 is 28.6. The Labute approximate surface area is 235 Å². The molecule has 0 spiro atoms. The number of carbonyl (C=O) groups excluding carboxylic acids is 2. The van der Waals surface area contributed by atoms with E-state index < -0.39 is 28.5 Å². The molecule has 0 saturated heterocycles. The van der Waals surface area contributed by atoms with Gasteiger partial charge in [0.2, 0.25) is 11.8 Å². The molecule has 1 saturated carbocycles. The highest BCUT2D eigenvalue weighted by atomic mass is 35.5. The van der Waals surface area contributed by atoms with E-state index in [4.69, 9.17) is 11.6 Å². The fourth-order valence-electron chi connectivity index (χ4n) is 4.82. The van der Waals surface area contributed by atoms with Crippen LogP contribution in [0.15, 0.2) is 89.8 Å². The van der Waals surface area contributed by atoms with Crippen LogP contribution in [-0.2, 0) is 26.0 Å². The average molecular weight is 568 g/mol. The van der Waals surface area contributed by atoms with E-state index in [1.165, 1.54) is 29.2 Å². The minimum Gasteiger partial charge on any atom is -0.352 e. The molecule has 1 aliphatic carbocycles. The second-order valence-corrected chi connectivity index (χ2v) is 12.1. The summed E-state index contributed by atoms with van der Waals surface area (Å²) in [5.74, 6) is -0.684. The molecule has 1 aliphatic rings. The maximum atomic E-state index is 13.9. The monoisotopic (exact) mass is 567 g/mol. The third-order valence-electron chi connectivity index (χ3n) is 7.08. The van der Waals surface area contributed by atoms with E-state index in [0.717, 1.165) is 35.6 Å². The minimum atomic E-state index is -4.10. The van der Waals surface area contributed by atoms with Crippen molar-refractivity contribution in [3.63, 3.8) is 0 Å². The smallest absolute Gasteiger partial charge is 0.264 e. The molecule has 2 amide bonds. The van der Waals surface area contributed by atoms with Gasteiger partial charge in [0.25, 0.3) is 10.0 Å². The van der Waals surface area contributed by atoms with E-state index in [1.807, 2.05) is 30.3 Å². The summed E-state index contributed by atoms with van der Waals surface area (Å²) in [5.41, 5.74) is 1.37. The van der Waals surface area contributed by atoms with Crippen molar-refractivity contribution in [1.29, 1.82) is 0 Å². The van der Waals surface area contributed by atoms with E-state index in [9.17, 15) is 18.0 Å². The van der Waals surface area contributed by atoms with Gasteiger partial charge in [-0.05, 0) is 68.1 Å². The molecule has 206 valence electrons. The highest BCUT2D eigenvalue weighted by molar-refractivity contribution is 7.92. The third-order valence-corrected chi connectivity index (χ3v) is 9.12. The van der Waals surface area contributed by atoms with Crippen molar-refractivity contribution in [2.75, 3.05) is 17.4 Å². The zero-order valence-corrected chi connectivity index (χ0v) is 23.6. The summed E-state index contributed by atoms with van der Waals surface area (Å²) in [6, 6.07) is 23.4. The number of benzene rings is 3. The molecule has 1 N–H and O–H groups in total. The van der Waals surface area contributed by atoms with Gasteiger partial charge in [0.05, 0.1) is 10.6 Å². The summed E-state index contributed by atoms with van der Waals surface area (Å²) in [7, 11) is -4.10. The van der Waals surface area contributed by atoms with Crippen molar-refractivity contribution in [3.8, 4) is 0 Å². The van der Waals surface area contributed by atoms with Crippen LogP contribution < -0.4 is 9.62 Å². The second-order valence-electron chi connectivity index (χ2n) is 9.79. The van der Waals surface area contributed by atoms with Crippen LogP contribution in [0.1, 0.15) is 38.2 Å². The van der Waals surface area contributed by atoms with Gasteiger partial charge in [-0.1, -0.05) is 73.0 Å². The molecular weight excluding hydrogens is 534 g/mol. The summed E-state index contributed by atoms with van der Waals surface area (Å²) >= 11 is 5.99. The molecule has 4 rings (SSSR count). The van der Waals surface area contributed by atoms with Crippen molar-refractivity contribution in [3.05, 3.63) is 95.5 Å². The lowest BCUT2D eigenvalue weighted by molar-refractivity contribution is -0.139. The molecule has 0 heterocycles. The van der Waals surface area contributed by atoms with Crippen LogP contribution in [0.5, 0.6) is 0 Å². The van der Waals surface area contributed by atoms with Crippen molar-refractivity contribution in [2.45, 2.75) is 56.0 Å². The molecule has 0 bridgehead atoms. The topological polar surface area (TPSA) is 86.8 Å². The molecule has 0 radical (unpaired) electrons. The van der Waals surface area contributed by atoms with E-state index >= 15 is 0 Å². The number of anilines is 1. The van der Waals surface area contributed by atoms with Gasteiger partial charge in [-0.3, -0.25) is 13.9 Å². The number of hydrogen-bond donors (Lipinski definition) is 1. The van der Waals surface area contributed by atoms with Gasteiger partial charge in [0.15, 0.2) is 0 Å². The van der Waals surface area contributed by atoms with E-state index in [-0.39, 0.29) is 23.4 Å². The van der Waals surface area contributed by atoms with Gasteiger partial charge in [0.1, 0.15) is 12.6 Å². The van der Waals surface area contributed by atoms with Crippen LogP contribution in [0, 0.1) is 0 Å². The number of carbonyl (C=O) groups is 2. The zero-order chi connectivity index (χ0) is 27.8. The predicted octanol–water partition coefficient (Wildman–Crippen LogP) is 5.05. The Hall–Kier alpha value is -3.36. The molecule has 1 fully saturated rings. The lowest BCUT2D eigenvalue weighted by atomic mass is 10.1. The first-order valence-corrected chi connectivity index (χ1v) is 15.0. The molecule has 0 aliphatic heterocycles. The Morgan fingerprint density at radius 3 is 2.13 bits per heavy atom. The molecule has 3 aromatic carbocycles. The van der Waals surface area contributed by atoms with Crippen molar-refractivity contribution < 1.29 is 18.0 Å². The number of amides is 2. The van der Waals surface area contributed by atoms with Crippen molar-refractivity contribution in [1.82, 2.24) is 10.2 Å². The standard InChI is InChI=1S/C30H34ClN3O4S/c1-23(30(36)32-26-12-8-9-13-26)33(21-20-24-10-4-2-5-11-24)29(35)22-34(27-14-6-3-7-15-27)39(37,38)28-18-16-25(31)17-19-28/h2-7,10-11,14-19,23,26H,8-9,12-13,20-22H2,1H3,(H,32,36)/t23-/m0/s1. The Balaban J connectivity index is 1.62. The molecular formula is C30H34ClN3O4S. The van der Waals surface area contributed by atoms with Crippen molar-refractivity contribution >= 4 is 39.1 Å². The van der Waals surface area contributed by atoms with Gasteiger partial charge < -0.3 is 10.2 Å². The van der Waals surface area contributed by atoms with Gasteiger partial charge in [-0.25, -0.2) is 8.42 Å². The fourth-order valence-corrected chi connectivity index (χ4v) is 6.36. The number of rotatable bonds is 11. The molecule has 0 aromatic heterocycles. The average Bonchev–Trinajstić information content (AvgIpc) is 3.46. The number of sulfonamides is 1. The quantitative estimate of drug-likeness (QED) is 0.351. The molecule has 9 heteroatoms. The molecule has 0 unspecified atom stereocenters. The normalized spacial score (nSPS) is 14.5. The number of halogens is 1. The number of para-hydroxylation sites is 1. The maximum Gasteiger partial charge on any atom is 0.264 e. The van der Waals surface area contributed by atoms with Crippen LogP contribution in [0.2, 0.25) is 5.02 Å². The van der Waals surface area contributed by atoms with Crippen LogP contribution in [-0.4, -0.2) is 50.3 Å². The van der Waals surface area contributed by atoms with Gasteiger partial charge >= 0.3 is 0 Å². The SMILES string of the molecule is C[C@@H](C(=O)NC1CCCC1)N(CCc1ccccc1)C(=O)CN(c1ccccc1)S(=O)(=O)c1ccc(Cl)cc1. The fraction of sp³-hybridized carbons (Fsp3) is 0.333. The summed E-state index contributed by atoms with van der Waals surface area (Å²) in [6.07, 6.45) is 4.53. The third kappa shape index (κ3) is 7.40. The number of hydrogen-bond acceptors (Lipinski definition) is 4. The first kappa shape index (κ1) is 28.6. The lowest BCUT2D eigenvalue weighted by Gasteiger charge is -2.32. The largest absolute Gasteiger partial charge is 0.352 e. The van der Waals surface area contributed by atoms with Gasteiger partial charge in [-0.15, -0.1) is 0 Å². The van der Waals surface area contributed by atoms with Gasteiger partial charge in [-0.2, -0.15) is 0 Å². The summed E-state index contributed by atoms with van der Waals surface area (Å²) in [6.45, 7) is 1.52. The summed E-state index contributed by atoms with van der Waals surface area (Å²) in [4.78, 5) is 28.6. The number of nitrogens with one attached hydrogen (secondary N) is 1. The van der Waals surface area contributed by atoms with E-state index in [2.05, 4.69) is 5.32 Å². The van der Waals surface area contributed by atoms with E-state index in [0.29, 0.717) is 17.1 Å². The van der Waals surface area contributed by atoms with Crippen LogP contribution in [0.25, 0.3) is 0 Å². The molecule has 7 nitrogen and oxygen atoms in total. The molecule has 1 atom stereocenters. The highest BCUT2D eigenvalue weighted by Gasteiger charge is 2.33. The second kappa shape index (κ2) is 13.1. The Bertz CT molecular complexity index is 1350. The van der Waals surface area contributed by atoms with Crippen molar-refractivity contribution in [2.24, 2.45) is 0 Å². The maximum absolute atomic E-state index is 13.9. The lowest BCUT2D eigenvalue weighted by Crippen LogP contribution is -2.53. The molecule has 39 heavy (non-hydrogen) atoms. The van der Waals surface area contributed by atoms with E-state index in [1.54, 1.807) is 37.3 Å². The highest BCUT2D eigenvalue weighted by Crippen LogP contribution is 2.25. The van der Waals surface area contributed by atoms with Gasteiger partial charge in [0, 0.05) is 17.6 Å². The predicted molar refractivity (Wildman–Crippen MR) is 154 cm³/mol. The summed E-state index contributed by atoms with van der Waals surface area (Å²) in [5, 5.41) is 3.49. The first-order valence-electron chi connectivity index (χ1n) is 13.2. The minimum absolute atomic E-state index is 0.0198. The number of nitrogens with zero attached hydrogens (tertiary/aromatic N) is 2. The van der Waals surface area contributed by atoms with Crippen LogP contribution >= 0.6 is 11.6 Å². The Morgan fingerprint density at radius 2 is 1.51 bits per heavy atom. The first-order chi connectivity index (χ1) is 18.8. The molecule has 3 aromatic rings. The Morgan fingerprint density at radius 1 is 0.923 bits per heavy atom. The Kier molecular flexibility index (Phi) is 9.64. The van der Waals surface area contributed by atoms with Crippen LogP contribution in [0.3, 0.4) is 0 Å². The van der Waals surface area contributed by atoms with Crippen LogP contribution in [0.4, 0.5) is 5.69 Å². The zero-order valence-electron chi connectivity index (χ0n) is 22.0.